The third kappa shape index (κ3) is 4.52. The normalized spacial score (nSPS) is 15.8. The quantitative estimate of drug-likeness (QED) is 0.424. The monoisotopic (exact) mass is 449 g/mol. The third-order valence-corrected chi connectivity index (χ3v) is 6.04. The van der Waals surface area contributed by atoms with E-state index in [0.29, 0.717) is 22.2 Å². The zero-order valence-electron chi connectivity index (χ0n) is 17.7. The first-order chi connectivity index (χ1) is 15.6. The molecule has 164 valence electrons. The number of aromatic nitrogens is 3. The van der Waals surface area contributed by atoms with E-state index in [-0.39, 0.29) is 12.6 Å². The predicted octanol–water partition coefficient (Wildman–Crippen LogP) is 3.45. The van der Waals surface area contributed by atoms with E-state index in [1.54, 1.807) is 6.92 Å². The van der Waals surface area contributed by atoms with Gasteiger partial charge in [0.15, 0.2) is 11.0 Å². The first kappa shape index (κ1) is 21.6. The van der Waals surface area contributed by atoms with Crippen LogP contribution in [0.4, 0.5) is 4.79 Å². The number of thioether (sulfide) groups is 1. The van der Waals surface area contributed by atoms with Gasteiger partial charge in [-0.25, -0.2) is 9.59 Å². The third-order valence-electron chi connectivity index (χ3n) is 4.99. The number of ether oxygens (including phenoxy) is 1. The lowest BCUT2D eigenvalue weighted by molar-refractivity contribution is -0.139. The molecule has 8 nitrogen and oxygen atoms in total. The van der Waals surface area contributed by atoms with E-state index in [1.165, 1.54) is 11.8 Å². The number of carbonyl (C=O) groups is 2. The smallest absolute Gasteiger partial charge is 0.338 e. The molecule has 4 rings (SSSR count). The molecule has 9 heteroatoms. The summed E-state index contributed by atoms with van der Waals surface area (Å²) >= 11 is 1.39. The van der Waals surface area contributed by atoms with Crippen LogP contribution in [0.2, 0.25) is 0 Å². The van der Waals surface area contributed by atoms with Crippen LogP contribution in [0.25, 0.3) is 11.4 Å². The second-order valence-electron chi connectivity index (χ2n) is 7.07. The molecule has 1 unspecified atom stereocenters. The minimum Gasteiger partial charge on any atom is -0.463 e. The Kier molecular flexibility index (Phi) is 6.55. The van der Waals surface area contributed by atoms with Crippen molar-refractivity contribution in [2.24, 2.45) is 7.05 Å². The molecule has 3 aromatic rings. The minimum absolute atomic E-state index is 0.238. The van der Waals surface area contributed by atoms with Gasteiger partial charge in [-0.3, -0.25) is 0 Å². The van der Waals surface area contributed by atoms with Crippen molar-refractivity contribution >= 4 is 23.8 Å². The number of benzene rings is 2. The molecule has 0 saturated carbocycles. The van der Waals surface area contributed by atoms with Crippen LogP contribution in [0.1, 0.15) is 18.5 Å². The van der Waals surface area contributed by atoms with Crippen LogP contribution in [0.3, 0.4) is 0 Å². The molecule has 0 saturated heterocycles. The topological polar surface area (TPSA) is 98.1 Å². The molecule has 1 aromatic heterocycles. The van der Waals surface area contributed by atoms with Crippen molar-refractivity contribution in [2.75, 3.05) is 12.4 Å². The fourth-order valence-electron chi connectivity index (χ4n) is 3.49. The van der Waals surface area contributed by atoms with Gasteiger partial charge in [0.25, 0.3) is 0 Å². The van der Waals surface area contributed by atoms with Gasteiger partial charge in [-0.15, -0.1) is 10.2 Å². The summed E-state index contributed by atoms with van der Waals surface area (Å²) in [6.07, 6.45) is 0. The van der Waals surface area contributed by atoms with Gasteiger partial charge in [-0.05, 0) is 12.5 Å². The lowest BCUT2D eigenvalue weighted by atomic mass is 9.95. The molecule has 1 aliphatic heterocycles. The Morgan fingerprint density at radius 1 is 1.09 bits per heavy atom. The first-order valence-electron chi connectivity index (χ1n) is 10.2. The van der Waals surface area contributed by atoms with Crippen molar-refractivity contribution in [3.8, 4) is 11.4 Å². The van der Waals surface area contributed by atoms with Crippen molar-refractivity contribution in [1.82, 2.24) is 25.4 Å². The number of carbonyl (C=O) groups excluding carboxylic acids is 2. The fraction of sp³-hybridized carbons (Fsp3) is 0.217. The number of nitrogens with one attached hydrogen (secondary N) is 2. The second-order valence-corrected chi connectivity index (χ2v) is 8.02. The van der Waals surface area contributed by atoms with Gasteiger partial charge in [0.2, 0.25) is 0 Å². The van der Waals surface area contributed by atoms with Crippen LogP contribution >= 0.6 is 11.8 Å². The molecule has 0 radical (unpaired) electrons. The number of urea groups is 1. The summed E-state index contributed by atoms with van der Waals surface area (Å²) in [5, 5.41) is 14.9. The van der Waals surface area contributed by atoms with E-state index in [4.69, 9.17) is 4.74 Å². The van der Waals surface area contributed by atoms with Gasteiger partial charge in [0, 0.05) is 24.1 Å². The van der Waals surface area contributed by atoms with Gasteiger partial charge >= 0.3 is 12.0 Å². The largest absolute Gasteiger partial charge is 0.463 e. The summed E-state index contributed by atoms with van der Waals surface area (Å²) in [5.41, 5.74) is 2.64. The van der Waals surface area contributed by atoms with Crippen molar-refractivity contribution in [3.05, 3.63) is 77.5 Å². The molecule has 2 amide bonds. The molecule has 0 bridgehead atoms. The lowest BCUT2D eigenvalue weighted by Gasteiger charge is -2.29. The average Bonchev–Trinajstić information content (AvgIpc) is 3.18. The second kappa shape index (κ2) is 9.69. The standard InChI is InChI=1S/C23H23N5O3S/c1-3-31-21(29)18-17(24-22(30)25-19(18)15-10-6-4-7-11-15)14-32-23-27-26-20(28(23)2)16-12-8-5-9-13-16/h4-13,19H,3,14H2,1-2H3,(H2,24,25,30). The number of hydrogen-bond donors (Lipinski definition) is 2. The van der Waals surface area contributed by atoms with Crippen LogP contribution in [-0.2, 0) is 16.6 Å². The van der Waals surface area contributed by atoms with Crippen molar-refractivity contribution in [1.29, 1.82) is 0 Å². The highest BCUT2D eigenvalue weighted by Crippen LogP contribution is 2.31. The molecule has 0 aliphatic carbocycles. The fourth-order valence-corrected chi connectivity index (χ4v) is 4.37. The molecule has 1 atom stereocenters. The molecule has 2 heterocycles. The molecule has 2 aromatic carbocycles. The van der Waals surface area contributed by atoms with E-state index in [0.717, 1.165) is 17.0 Å². The number of esters is 1. The van der Waals surface area contributed by atoms with Gasteiger partial charge in [0.05, 0.1) is 18.2 Å². The first-order valence-corrected chi connectivity index (χ1v) is 11.2. The molecular weight excluding hydrogens is 426 g/mol. The molecular formula is C23H23N5O3S. The highest BCUT2D eigenvalue weighted by molar-refractivity contribution is 7.99. The van der Waals surface area contributed by atoms with Crippen LogP contribution in [-0.4, -0.2) is 39.1 Å². The van der Waals surface area contributed by atoms with E-state index in [9.17, 15) is 9.59 Å². The lowest BCUT2D eigenvalue weighted by Crippen LogP contribution is -2.46. The summed E-state index contributed by atoms with van der Waals surface area (Å²) in [6.45, 7) is 1.99. The zero-order chi connectivity index (χ0) is 22.5. The summed E-state index contributed by atoms with van der Waals surface area (Å²) in [4.78, 5) is 25.3. The highest BCUT2D eigenvalue weighted by atomic mass is 32.2. The summed E-state index contributed by atoms with van der Waals surface area (Å²) in [6, 6.07) is 18.2. The Morgan fingerprint density at radius 2 is 1.78 bits per heavy atom. The van der Waals surface area contributed by atoms with Crippen molar-refractivity contribution in [2.45, 2.75) is 18.1 Å². The predicted molar refractivity (Wildman–Crippen MR) is 122 cm³/mol. The zero-order valence-corrected chi connectivity index (χ0v) is 18.6. The maximum Gasteiger partial charge on any atom is 0.338 e. The summed E-state index contributed by atoms with van der Waals surface area (Å²) < 4.78 is 7.20. The number of amides is 2. The maximum absolute atomic E-state index is 12.9. The summed E-state index contributed by atoms with van der Waals surface area (Å²) in [7, 11) is 1.89. The minimum atomic E-state index is -0.598. The van der Waals surface area contributed by atoms with Gasteiger partial charge < -0.3 is 19.9 Å². The number of hydrogen-bond acceptors (Lipinski definition) is 6. The van der Waals surface area contributed by atoms with Crippen LogP contribution in [0.5, 0.6) is 0 Å². The Hall–Kier alpha value is -3.59. The van der Waals surface area contributed by atoms with Gasteiger partial charge in [0.1, 0.15) is 0 Å². The Labute approximate surface area is 190 Å². The average molecular weight is 450 g/mol. The molecule has 0 fully saturated rings. The highest BCUT2D eigenvalue weighted by Gasteiger charge is 2.33. The van der Waals surface area contributed by atoms with Crippen LogP contribution in [0, 0.1) is 0 Å². The Bertz CT molecular complexity index is 1140. The van der Waals surface area contributed by atoms with Gasteiger partial charge in [-0.1, -0.05) is 72.4 Å². The molecule has 32 heavy (non-hydrogen) atoms. The Morgan fingerprint density at radius 3 is 2.47 bits per heavy atom. The Balaban J connectivity index is 1.64. The summed E-state index contributed by atoms with van der Waals surface area (Å²) in [5.74, 6) is 0.600. The van der Waals surface area contributed by atoms with E-state index in [1.807, 2.05) is 72.3 Å². The van der Waals surface area contributed by atoms with Crippen LogP contribution < -0.4 is 10.6 Å². The van der Waals surface area contributed by atoms with Gasteiger partial charge in [-0.2, -0.15) is 0 Å². The van der Waals surface area contributed by atoms with E-state index in [2.05, 4.69) is 20.8 Å². The van der Waals surface area contributed by atoms with Crippen LogP contribution in [0.15, 0.2) is 77.1 Å². The van der Waals surface area contributed by atoms with Crippen molar-refractivity contribution < 1.29 is 14.3 Å². The number of rotatable bonds is 7. The van der Waals surface area contributed by atoms with E-state index < -0.39 is 12.0 Å². The van der Waals surface area contributed by atoms with Crippen molar-refractivity contribution in [3.63, 3.8) is 0 Å². The SMILES string of the molecule is CCOC(=O)C1=C(CSc2nnc(-c3ccccc3)n2C)NC(=O)NC1c1ccccc1. The molecule has 2 N–H and O–H groups in total. The van der Waals surface area contributed by atoms with E-state index >= 15 is 0 Å². The molecule has 0 spiro atoms. The maximum atomic E-state index is 12.9. The molecule has 1 aliphatic rings. The number of nitrogens with zero attached hydrogens (tertiary/aromatic N) is 3.